The van der Waals surface area contributed by atoms with E-state index in [2.05, 4.69) is 16.7 Å². The number of nitrogens with zero attached hydrogens (tertiary/aromatic N) is 2. The Morgan fingerprint density at radius 2 is 2.10 bits per heavy atom. The lowest BCUT2D eigenvalue weighted by Crippen LogP contribution is -2.59. The number of piperazine rings is 1. The summed E-state index contributed by atoms with van der Waals surface area (Å²) in [5, 5.41) is 0. The molecule has 1 aromatic rings. The summed E-state index contributed by atoms with van der Waals surface area (Å²) in [5.41, 5.74) is 7.43. The molecule has 0 spiro atoms. The molecule has 0 bridgehead atoms. The van der Waals surface area contributed by atoms with Gasteiger partial charge < -0.3 is 10.6 Å². The van der Waals surface area contributed by atoms with Crippen LogP contribution >= 0.6 is 0 Å². The van der Waals surface area contributed by atoms with Gasteiger partial charge in [0.1, 0.15) is 5.82 Å². The number of piperidine rings is 1. The lowest BCUT2D eigenvalue weighted by molar-refractivity contribution is 0.115. The van der Waals surface area contributed by atoms with Crippen molar-refractivity contribution in [3.63, 3.8) is 0 Å². The molecule has 2 fully saturated rings. The molecule has 2 N–H and O–H groups in total. The summed E-state index contributed by atoms with van der Waals surface area (Å²) in [6.07, 6.45) is 3.85. The van der Waals surface area contributed by atoms with Crippen molar-refractivity contribution in [1.29, 1.82) is 0 Å². The SMILES string of the molecule is CC(N)c1ccc(N2CC3CCCCN3CC2C)c(F)c1. The van der Waals surface area contributed by atoms with Crippen LogP contribution in [-0.2, 0) is 0 Å². The number of benzene rings is 1. The predicted molar refractivity (Wildman–Crippen MR) is 85.0 cm³/mol. The molecule has 2 heterocycles. The van der Waals surface area contributed by atoms with Crippen LogP contribution in [0.4, 0.5) is 10.1 Å². The zero-order valence-corrected chi connectivity index (χ0v) is 13.1. The van der Waals surface area contributed by atoms with Crippen LogP contribution in [-0.4, -0.2) is 36.6 Å². The minimum Gasteiger partial charge on any atom is -0.364 e. The summed E-state index contributed by atoms with van der Waals surface area (Å²) in [6, 6.07) is 6.28. The number of halogens is 1. The Morgan fingerprint density at radius 1 is 1.29 bits per heavy atom. The predicted octanol–water partition coefficient (Wildman–Crippen LogP) is 2.91. The van der Waals surface area contributed by atoms with E-state index in [4.69, 9.17) is 5.73 Å². The largest absolute Gasteiger partial charge is 0.364 e. The van der Waals surface area contributed by atoms with E-state index < -0.39 is 0 Å². The van der Waals surface area contributed by atoms with Crippen LogP contribution in [0.5, 0.6) is 0 Å². The molecule has 116 valence electrons. The molecule has 3 nitrogen and oxygen atoms in total. The second-order valence-electron chi connectivity index (χ2n) is 6.65. The van der Waals surface area contributed by atoms with E-state index in [1.165, 1.54) is 25.8 Å². The fraction of sp³-hybridized carbons (Fsp3) is 0.647. The second kappa shape index (κ2) is 5.93. The third kappa shape index (κ3) is 2.92. The Bertz CT molecular complexity index is 503. The van der Waals surface area contributed by atoms with Crippen molar-refractivity contribution in [2.75, 3.05) is 24.5 Å². The first-order valence-electron chi connectivity index (χ1n) is 8.12. The van der Waals surface area contributed by atoms with Crippen molar-refractivity contribution in [3.05, 3.63) is 29.6 Å². The number of nitrogens with two attached hydrogens (primary N) is 1. The van der Waals surface area contributed by atoms with Gasteiger partial charge in [-0.05, 0) is 50.9 Å². The Kier molecular flexibility index (Phi) is 4.18. The van der Waals surface area contributed by atoms with Gasteiger partial charge in [-0.15, -0.1) is 0 Å². The summed E-state index contributed by atoms with van der Waals surface area (Å²) in [7, 11) is 0. The first-order chi connectivity index (χ1) is 10.1. The molecular formula is C17H26FN3. The maximum Gasteiger partial charge on any atom is 0.146 e. The Balaban J connectivity index is 1.82. The minimum absolute atomic E-state index is 0.124. The Hall–Kier alpha value is -1.13. The van der Waals surface area contributed by atoms with Crippen LogP contribution in [0.25, 0.3) is 0 Å². The topological polar surface area (TPSA) is 32.5 Å². The van der Waals surface area contributed by atoms with Crippen LogP contribution in [0.1, 0.15) is 44.7 Å². The summed E-state index contributed by atoms with van der Waals surface area (Å²) in [4.78, 5) is 4.83. The van der Waals surface area contributed by atoms with E-state index in [0.29, 0.717) is 12.1 Å². The lowest BCUT2D eigenvalue weighted by Gasteiger charge is -2.48. The van der Waals surface area contributed by atoms with Crippen LogP contribution < -0.4 is 10.6 Å². The first-order valence-corrected chi connectivity index (χ1v) is 8.12. The van der Waals surface area contributed by atoms with Crippen LogP contribution in [0.15, 0.2) is 18.2 Å². The molecule has 3 atom stereocenters. The average molecular weight is 291 g/mol. The third-order valence-corrected chi connectivity index (χ3v) is 4.99. The summed E-state index contributed by atoms with van der Waals surface area (Å²) in [6.45, 7) is 7.27. The summed E-state index contributed by atoms with van der Waals surface area (Å²) < 4.78 is 14.5. The first kappa shape index (κ1) is 14.8. The average Bonchev–Trinajstić information content (AvgIpc) is 2.46. The van der Waals surface area contributed by atoms with Gasteiger partial charge in [-0.25, -0.2) is 4.39 Å². The van der Waals surface area contributed by atoms with Crippen LogP contribution in [0.3, 0.4) is 0 Å². The molecule has 0 saturated carbocycles. The van der Waals surface area contributed by atoms with Gasteiger partial charge in [-0.3, -0.25) is 4.90 Å². The van der Waals surface area contributed by atoms with E-state index in [0.717, 1.165) is 24.3 Å². The molecule has 0 aliphatic carbocycles. The van der Waals surface area contributed by atoms with E-state index >= 15 is 0 Å². The van der Waals surface area contributed by atoms with Crippen LogP contribution in [0.2, 0.25) is 0 Å². The third-order valence-electron chi connectivity index (χ3n) is 4.99. The van der Waals surface area contributed by atoms with Crippen molar-refractivity contribution in [3.8, 4) is 0 Å². The number of hydrogen-bond acceptors (Lipinski definition) is 3. The fourth-order valence-corrected chi connectivity index (χ4v) is 3.73. The van der Waals surface area contributed by atoms with Crippen molar-refractivity contribution in [2.24, 2.45) is 5.73 Å². The Morgan fingerprint density at radius 3 is 2.81 bits per heavy atom. The zero-order chi connectivity index (χ0) is 15.0. The van der Waals surface area contributed by atoms with Gasteiger partial charge in [0.25, 0.3) is 0 Å². The molecular weight excluding hydrogens is 265 g/mol. The number of anilines is 1. The Labute approximate surface area is 126 Å². The molecule has 3 unspecified atom stereocenters. The molecule has 4 heteroatoms. The van der Waals surface area contributed by atoms with Crippen molar-refractivity contribution >= 4 is 5.69 Å². The van der Waals surface area contributed by atoms with Gasteiger partial charge in [0.05, 0.1) is 5.69 Å². The van der Waals surface area contributed by atoms with E-state index in [-0.39, 0.29) is 11.9 Å². The van der Waals surface area contributed by atoms with Crippen LogP contribution in [0, 0.1) is 5.82 Å². The molecule has 21 heavy (non-hydrogen) atoms. The molecule has 2 aliphatic rings. The monoisotopic (exact) mass is 291 g/mol. The van der Waals surface area contributed by atoms with Gasteiger partial charge in [0.15, 0.2) is 0 Å². The highest BCUT2D eigenvalue weighted by atomic mass is 19.1. The standard InChI is InChI=1S/C17H26FN3/c1-12-10-20-8-4-3-5-15(20)11-21(12)17-7-6-14(13(2)19)9-16(17)18/h6-7,9,12-13,15H,3-5,8,10-11,19H2,1-2H3. The number of fused-ring (bicyclic) bond motifs is 1. The van der Waals surface area contributed by atoms with E-state index in [1.807, 2.05) is 19.1 Å². The molecule has 0 aromatic heterocycles. The van der Waals surface area contributed by atoms with E-state index in [9.17, 15) is 4.39 Å². The number of hydrogen-bond donors (Lipinski definition) is 1. The van der Waals surface area contributed by atoms with Gasteiger partial charge in [0.2, 0.25) is 0 Å². The number of rotatable bonds is 2. The molecule has 1 aromatic carbocycles. The molecule has 2 saturated heterocycles. The maximum absolute atomic E-state index is 14.5. The maximum atomic E-state index is 14.5. The highest BCUT2D eigenvalue weighted by Gasteiger charge is 2.33. The second-order valence-corrected chi connectivity index (χ2v) is 6.65. The summed E-state index contributed by atoms with van der Waals surface area (Å²) >= 11 is 0. The molecule has 0 radical (unpaired) electrons. The minimum atomic E-state index is -0.138. The zero-order valence-electron chi connectivity index (χ0n) is 13.1. The smallest absolute Gasteiger partial charge is 0.146 e. The van der Waals surface area contributed by atoms with Gasteiger partial charge in [0, 0.05) is 31.2 Å². The van der Waals surface area contributed by atoms with Gasteiger partial charge in [-0.2, -0.15) is 0 Å². The van der Waals surface area contributed by atoms with E-state index in [1.54, 1.807) is 6.07 Å². The fourth-order valence-electron chi connectivity index (χ4n) is 3.73. The van der Waals surface area contributed by atoms with Gasteiger partial charge >= 0.3 is 0 Å². The summed E-state index contributed by atoms with van der Waals surface area (Å²) in [5.74, 6) is -0.138. The highest BCUT2D eigenvalue weighted by molar-refractivity contribution is 5.51. The van der Waals surface area contributed by atoms with Crippen molar-refractivity contribution in [1.82, 2.24) is 4.90 Å². The van der Waals surface area contributed by atoms with Crippen molar-refractivity contribution < 1.29 is 4.39 Å². The molecule has 3 rings (SSSR count). The van der Waals surface area contributed by atoms with Gasteiger partial charge in [-0.1, -0.05) is 12.5 Å². The lowest BCUT2D eigenvalue weighted by atomic mass is 9.96. The quantitative estimate of drug-likeness (QED) is 0.909. The van der Waals surface area contributed by atoms with Crippen molar-refractivity contribution in [2.45, 2.75) is 51.2 Å². The molecule has 2 aliphatic heterocycles. The molecule has 0 amide bonds. The normalized spacial score (nSPS) is 28.3. The highest BCUT2D eigenvalue weighted by Crippen LogP contribution is 2.30.